The average Bonchev–Trinajstić information content (AvgIpc) is 2.34. The SMILES string of the molecule is Oc1cc(-c2cccc(F)c2F)ccc1OC(F)(F)F. The van der Waals surface area contributed by atoms with Crippen molar-refractivity contribution in [2.24, 2.45) is 0 Å². The Morgan fingerprint density at radius 2 is 1.70 bits per heavy atom. The molecule has 0 amide bonds. The van der Waals surface area contributed by atoms with Gasteiger partial charge >= 0.3 is 6.36 Å². The van der Waals surface area contributed by atoms with Crippen molar-refractivity contribution in [1.82, 2.24) is 0 Å². The molecular weight excluding hydrogens is 283 g/mol. The maximum atomic E-state index is 13.5. The van der Waals surface area contributed by atoms with Gasteiger partial charge in [0.15, 0.2) is 23.1 Å². The maximum absolute atomic E-state index is 13.5. The van der Waals surface area contributed by atoms with Crippen LogP contribution in [0.1, 0.15) is 0 Å². The molecule has 2 aromatic carbocycles. The van der Waals surface area contributed by atoms with E-state index in [9.17, 15) is 27.1 Å². The highest BCUT2D eigenvalue weighted by Crippen LogP contribution is 2.35. The van der Waals surface area contributed by atoms with Crippen molar-refractivity contribution >= 4 is 0 Å². The molecule has 0 fully saturated rings. The molecule has 1 N–H and O–H groups in total. The molecule has 0 saturated carbocycles. The third kappa shape index (κ3) is 2.98. The summed E-state index contributed by atoms with van der Waals surface area (Å²) in [5, 5.41) is 9.43. The maximum Gasteiger partial charge on any atom is 0.573 e. The molecule has 0 spiro atoms. The van der Waals surface area contributed by atoms with Crippen LogP contribution in [0.25, 0.3) is 11.1 Å². The summed E-state index contributed by atoms with van der Waals surface area (Å²) < 4.78 is 66.2. The number of halogens is 5. The van der Waals surface area contributed by atoms with E-state index in [1.165, 1.54) is 12.1 Å². The van der Waals surface area contributed by atoms with Gasteiger partial charge in [0.2, 0.25) is 0 Å². The zero-order valence-electron chi connectivity index (χ0n) is 9.71. The van der Waals surface area contributed by atoms with Gasteiger partial charge in [0, 0.05) is 5.56 Å². The minimum Gasteiger partial charge on any atom is -0.504 e. The van der Waals surface area contributed by atoms with E-state index >= 15 is 0 Å². The van der Waals surface area contributed by atoms with E-state index in [0.29, 0.717) is 0 Å². The fraction of sp³-hybridized carbons (Fsp3) is 0.0769. The summed E-state index contributed by atoms with van der Waals surface area (Å²) in [5.41, 5.74) is -0.159. The van der Waals surface area contributed by atoms with Crippen molar-refractivity contribution < 1.29 is 31.8 Å². The van der Waals surface area contributed by atoms with Gasteiger partial charge in [-0.1, -0.05) is 18.2 Å². The van der Waals surface area contributed by atoms with Crippen molar-refractivity contribution in [1.29, 1.82) is 0 Å². The highest BCUT2D eigenvalue weighted by Gasteiger charge is 2.32. The van der Waals surface area contributed by atoms with Crippen LogP contribution in [0.5, 0.6) is 11.5 Å². The van der Waals surface area contributed by atoms with E-state index in [1.54, 1.807) is 0 Å². The zero-order valence-corrected chi connectivity index (χ0v) is 9.71. The first-order valence-corrected chi connectivity index (χ1v) is 5.31. The molecule has 0 bridgehead atoms. The molecule has 0 aromatic heterocycles. The molecule has 2 rings (SSSR count). The fourth-order valence-electron chi connectivity index (χ4n) is 1.62. The molecular formula is C13H7F5O2. The Hall–Kier alpha value is -2.31. The average molecular weight is 290 g/mol. The number of benzene rings is 2. The van der Waals surface area contributed by atoms with Crippen LogP contribution < -0.4 is 4.74 Å². The van der Waals surface area contributed by atoms with E-state index in [2.05, 4.69) is 4.74 Å². The van der Waals surface area contributed by atoms with Gasteiger partial charge in [0.1, 0.15) is 0 Å². The van der Waals surface area contributed by atoms with Gasteiger partial charge in [0.05, 0.1) is 0 Å². The van der Waals surface area contributed by atoms with E-state index in [4.69, 9.17) is 0 Å². The number of phenolic OH excluding ortho intramolecular Hbond substituents is 1. The van der Waals surface area contributed by atoms with Crippen molar-refractivity contribution in [3.05, 3.63) is 48.0 Å². The molecule has 0 aliphatic carbocycles. The first-order chi connectivity index (χ1) is 9.28. The van der Waals surface area contributed by atoms with E-state index in [-0.39, 0.29) is 11.1 Å². The normalized spacial score (nSPS) is 11.4. The predicted octanol–water partition coefficient (Wildman–Crippen LogP) is 4.24. The molecule has 0 atom stereocenters. The summed E-state index contributed by atoms with van der Waals surface area (Å²) in [6.07, 6.45) is -4.96. The van der Waals surface area contributed by atoms with Crippen molar-refractivity contribution in [2.75, 3.05) is 0 Å². The molecule has 0 heterocycles. The van der Waals surface area contributed by atoms with Crippen LogP contribution in [-0.2, 0) is 0 Å². The quantitative estimate of drug-likeness (QED) is 0.838. The lowest BCUT2D eigenvalue weighted by Crippen LogP contribution is -2.17. The molecule has 20 heavy (non-hydrogen) atoms. The highest BCUT2D eigenvalue weighted by atomic mass is 19.4. The molecule has 0 radical (unpaired) electrons. The Morgan fingerprint density at radius 1 is 1.00 bits per heavy atom. The monoisotopic (exact) mass is 290 g/mol. The molecule has 106 valence electrons. The van der Waals surface area contributed by atoms with Gasteiger partial charge < -0.3 is 9.84 Å². The van der Waals surface area contributed by atoms with E-state index < -0.39 is 29.5 Å². The number of rotatable bonds is 2. The second kappa shape index (κ2) is 4.99. The van der Waals surface area contributed by atoms with Crippen LogP contribution in [0.4, 0.5) is 22.0 Å². The second-order valence-corrected chi connectivity index (χ2v) is 3.83. The van der Waals surface area contributed by atoms with Crippen LogP contribution in [0, 0.1) is 11.6 Å². The Morgan fingerprint density at radius 3 is 2.30 bits per heavy atom. The summed E-state index contributed by atoms with van der Waals surface area (Å²) >= 11 is 0. The lowest BCUT2D eigenvalue weighted by atomic mass is 10.0. The third-order valence-corrected chi connectivity index (χ3v) is 2.45. The largest absolute Gasteiger partial charge is 0.573 e. The minimum absolute atomic E-state index is 0.0222. The molecule has 2 nitrogen and oxygen atoms in total. The third-order valence-electron chi connectivity index (χ3n) is 2.45. The summed E-state index contributed by atoms with van der Waals surface area (Å²) in [6, 6.07) is 6.14. The predicted molar refractivity (Wildman–Crippen MR) is 60.1 cm³/mol. The summed E-state index contributed by atoms with van der Waals surface area (Å²) in [5.74, 6) is -3.91. The smallest absolute Gasteiger partial charge is 0.504 e. The Labute approximate surface area is 110 Å². The highest BCUT2D eigenvalue weighted by molar-refractivity contribution is 5.67. The van der Waals surface area contributed by atoms with Gasteiger partial charge in [-0.15, -0.1) is 13.2 Å². The lowest BCUT2D eigenvalue weighted by Gasteiger charge is -2.11. The van der Waals surface area contributed by atoms with Gasteiger partial charge in [0.25, 0.3) is 0 Å². The van der Waals surface area contributed by atoms with Gasteiger partial charge in [-0.2, -0.15) is 0 Å². The summed E-state index contributed by atoms with van der Waals surface area (Å²) in [4.78, 5) is 0. The number of phenols is 1. The fourth-order valence-corrected chi connectivity index (χ4v) is 1.62. The Balaban J connectivity index is 2.41. The van der Waals surface area contributed by atoms with Crippen LogP contribution in [0.2, 0.25) is 0 Å². The van der Waals surface area contributed by atoms with E-state index in [0.717, 1.165) is 24.3 Å². The number of ether oxygens (including phenoxy) is 1. The zero-order chi connectivity index (χ0) is 14.9. The summed E-state index contributed by atoms with van der Waals surface area (Å²) in [7, 11) is 0. The molecule has 0 saturated heterocycles. The van der Waals surface area contributed by atoms with E-state index in [1.807, 2.05) is 0 Å². The number of aromatic hydroxyl groups is 1. The Kier molecular flexibility index (Phi) is 3.52. The van der Waals surface area contributed by atoms with Crippen LogP contribution in [-0.4, -0.2) is 11.5 Å². The van der Waals surface area contributed by atoms with Gasteiger partial charge in [-0.25, -0.2) is 8.78 Å². The molecule has 0 aliphatic heterocycles. The first-order valence-electron chi connectivity index (χ1n) is 5.31. The lowest BCUT2D eigenvalue weighted by molar-refractivity contribution is -0.275. The van der Waals surface area contributed by atoms with Crippen molar-refractivity contribution in [2.45, 2.75) is 6.36 Å². The first kappa shape index (κ1) is 14.1. The standard InChI is InChI=1S/C13H7F5O2/c14-9-3-1-2-8(12(9)15)7-4-5-11(10(19)6-7)20-13(16,17)18/h1-6,19H. The second-order valence-electron chi connectivity index (χ2n) is 3.83. The minimum atomic E-state index is -4.96. The molecule has 2 aromatic rings. The molecule has 0 unspecified atom stereocenters. The van der Waals surface area contributed by atoms with Gasteiger partial charge in [-0.3, -0.25) is 0 Å². The van der Waals surface area contributed by atoms with Crippen LogP contribution >= 0.6 is 0 Å². The number of alkyl halides is 3. The van der Waals surface area contributed by atoms with Gasteiger partial charge in [-0.05, 0) is 23.8 Å². The summed E-state index contributed by atoms with van der Waals surface area (Å²) in [6.45, 7) is 0. The topological polar surface area (TPSA) is 29.5 Å². The van der Waals surface area contributed by atoms with Crippen LogP contribution in [0.3, 0.4) is 0 Å². The van der Waals surface area contributed by atoms with Crippen molar-refractivity contribution in [3.63, 3.8) is 0 Å². The number of hydrogen-bond donors (Lipinski definition) is 1. The Bertz CT molecular complexity index is 637. The molecule has 0 aliphatic rings. The molecule has 7 heteroatoms. The van der Waals surface area contributed by atoms with Crippen molar-refractivity contribution in [3.8, 4) is 22.6 Å². The van der Waals surface area contributed by atoms with Crippen LogP contribution in [0.15, 0.2) is 36.4 Å². The number of hydrogen-bond acceptors (Lipinski definition) is 2.